The molecule has 37 heavy (non-hydrogen) atoms. The van der Waals surface area contributed by atoms with Crippen LogP contribution in [0.2, 0.25) is 0 Å². The van der Waals surface area contributed by atoms with Gasteiger partial charge in [-0.3, -0.25) is 14.9 Å². The second-order valence-corrected chi connectivity index (χ2v) is 10.7. The van der Waals surface area contributed by atoms with Gasteiger partial charge in [-0.15, -0.1) is 0 Å². The summed E-state index contributed by atoms with van der Waals surface area (Å²) in [6.07, 6.45) is 0. The van der Waals surface area contributed by atoms with Gasteiger partial charge in [-0.25, -0.2) is 8.42 Å². The van der Waals surface area contributed by atoms with Gasteiger partial charge in [0, 0.05) is 45.5 Å². The number of hydrogen-bond acceptors (Lipinski definition) is 9. The van der Waals surface area contributed by atoms with E-state index in [4.69, 9.17) is 14.2 Å². The van der Waals surface area contributed by atoms with E-state index in [1.807, 2.05) is 6.92 Å². The molecule has 12 nitrogen and oxygen atoms in total. The average molecular weight is 553 g/mol. The summed E-state index contributed by atoms with van der Waals surface area (Å²) in [5, 5.41) is 11.3. The minimum atomic E-state index is -3.83. The van der Waals surface area contributed by atoms with Crippen molar-refractivity contribution in [2.24, 2.45) is 4.99 Å². The number of carbonyl (C=O) groups is 1. The number of aryl methyl sites for hydroxylation is 1. The highest BCUT2D eigenvalue weighted by Crippen LogP contribution is 2.32. The lowest BCUT2D eigenvalue weighted by molar-refractivity contribution is -0.384. The molecule has 0 radical (unpaired) electrons. The summed E-state index contributed by atoms with van der Waals surface area (Å²) in [6.45, 7) is 3.05. The zero-order valence-corrected chi connectivity index (χ0v) is 22.5. The number of thiazole rings is 1. The molecule has 0 aliphatic heterocycles. The molecule has 3 aromatic rings. The molecule has 0 N–H and O–H groups in total. The molecule has 0 aliphatic rings. The van der Waals surface area contributed by atoms with E-state index in [9.17, 15) is 23.3 Å². The summed E-state index contributed by atoms with van der Waals surface area (Å²) in [7, 11) is 0.557. The Balaban J connectivity index is 1.97. The Morgan fingerprint density at radius 1 is 1.11 bits per heavy atom. The average Bonchev–Trinajstić information content (AvgIpc) is 3.24. The van der Waals surface area contributed by atoms with Crippen LogP contribution in [0.1, 0.15) is 17.3 Å². The number of hydrogen-bond donors (Lipinski definition) is 0. The molecule has 0 spiro atoms. The number of carbonyl (C=O) groups excluding carboxylic acids is 1. The third-order valence-electron chi connectivity index (χ3n) is 5.50. The van der Waals surface area contributed by atoms with Crippen LogP contribution < -0.4 is 9.54 Å². The topological polar surface area (TPSA) is 143 Å². The van der Waals surface area contributed by atoms with Crippen molar-refractivity contribution in [1.29, 1.82) is 0 Å². The van der Waals surface area contributed by atoms with Crippen molar-refractivity contribution < 1.29 is 32.3 Å². The molecule has 14 heteroatoms. The zero-order valence-electron chi connectivity index (χ0n) is 20.9. The van der Waals surface area contributed by atoms with Gasteiger partial charge in [0.25, 0.3) is 11.6 Å². The van der Waals surface area contributed by atoms with Gasteiger partial charge in [-0.1, -0.05) is 11.3 Å². The summed E-state index contributed by atoms with van der Waals surface area (Å²) in [6, 6.07) is 8.26. The standard InChI is InChI=1S/C23H28N4O8S2/c1-5-26-21-19(35-4)14-17(27(29)30)15-20(21)36-23(26)24-22(28)16-6-8-18(9-7-16)37(31,32)25(10-12-33-2)11-13-34-3/h6-9,14-15H,5,10-13H2,1-4H3. The fourth-order valence-corrected chi connectivity index (χ4v) is 6.16. The number of ether oxygens (including phenoxy) is 3. The molecular formula is C23H28N4O8S2. The maximum absolute atomic E-state index is 13.1. The number of fused-ring (bicyclic) bond motifs is 1. The molecule has 200 valence electrons. The van der Waals surface area contributed by atoms with E-state index in [2.05, 4.69) is 4.99 Å². The first-order valence-corrected chi connectivity index (χ1v) is 13.5. The molecule has 3 rings (SSSR count). The highest BCUT2D eigenvalue weighted by molar-refractivity contribution is 7.89. The smallest absolute Gasteiger partial charge is 0.279 e. The lowest BCUT2D eigenvalue weighted by Crippen LogP contribution is -2.36. The molecular weight excluding hydrogens is 524 g/mol. The van der Waals surface area contributed by atoms with Gasteiger partial charge < -0.3 is 18.8 Å². The molecule has 0 atom stereocenters. The van der Waals surface area contributed by atoms with Crippen LogP contribution in [-0.2, 0) is 26.0 Å². The highest BCUT2D eigenvalue weighted by atomic mass is 32.2. The molecule has 0 saturated heterocycles. The summed E-state index contributed by atoms with van der Waals surface area (Å²) in [4.78, 5) is 28.3. The first-order chi connectivity index (χ1) is 17.7. The van der Waals surface area contributed by atoms with Crippen molar-refractivity contribution in [2.45, 2.75) is 18.4 Å². The highest BCUT2D eigenvalue weighted by Gasteiger charge is 2.24. The van der Waals surface area contributed by atoms with Crippen LogP contribution in [0, 0.1) is 10.1 Å². The second kappa shape index (κ2) is 12.4. The van der Waals surface area contributed by atoms with Gasteiger partial charge in [0.2, 0.25) is 10.0 Å². The fraction of sp³-hybridized carbons (Fsp3) is 0.391. The van der Waals surface area contributed by atoms with Crippen LogP contribution in [0.15, 0.2) is 46.3 Å². The Morgan fingerprint density at radius 3 is 2.24 bits per heavy atom. The van der Waals surface area contributed by atoms with Crippen LogP contribution in [0.5, 0.6) is 5.75 Å². The Bertz CT molecular complexity index is 1440. The van der Waals surface area contributed by atoms with Crippen LogP contribution >= 0.6 is 11.3 Å². The lowest BCUT2D eigenvalue weighted by Gasteiger charge is -2.21. The van der Waals surface area contributed by atoms with E-state index in [1.165, 1.54) is 62.0 Å². The third-order valence-corrected chi connectivity index (χ3v) is 8.44. The molecule has 1 heterocycles. The fourth-order valence-electron chi connectivity index (χ4n) is 3.61. The quantitative estimate of drug-likeness (QED) is 0.247. The van der Waals surface area contributed by atoms with Crippen molar-refractivity contribution in [3.8, 4) is 5.75 Å². The number of nitrogens with zero attached hydrogens (tertiary/aromatic N) is 4. The lowest BCUT2D eigenvalue weighted by atomic mass is 10.2. The number of methoxy groups -OCH3 is 3. The van der Waals surface area contributed by atoms with Crippen molar-refractivity contribution in [3.63, 3.8) is 0 Å². The zero-order chi connectivity index (χ0) is 27.2. The maximum Gasteiger partial charge on any atom is 0.279 e. The molecule has 0 saturated carbocycles. The molecule has 2 aromatic carbocycles. The predicted molar refractivity (Wildman–Crippen MR) is 138 cm³/mol. The predicted octanol–water partition coefficient (Wildman–Crippen LogP) is 2.66. The number of aromatic nitrogens is 1. The Hall–Kier alpha value is -3.17. The Morgan fingerprint density at radius 2 is 1.73 bits per heavy atom. The summed E-state index contributed by atoms with van der Waals surface area (Å²) in [5.41, 5.74) is 0.659. The molecule has 1 amide bonds. The number of rotatable bonds is 12. The SMILES string of the molecule is CCn1c(=NC(=O)c2ccc(S(=O)(=O)N(CCOC)CCOC)cc2)sc2cc([N+](=O)[O-])cc(OC)c21. The maximum atomic E-state index is 13.1. The number of non-ortho nitro benzene ring substituents is 1. The Labute approximate surface area is 217 Å². The molecule has 0 fully saturated rings. The van der Waals surface area contributed by atoms with Crippen LogP contribution in [0.25, 0.3) is 10.2 Å². The monoisotopic (exact) mass is 552 g/mol. The van der Waals surface area contributed by atoms with Crippen molar-refractivity contribution in [1.82, 2.24) is 8.87 Å². The summed E-state index contributed by atoms with van der Waals surface area (Å²) >= 11 is 1.12. The van der Waals surface area contributed by atoms with E-state index in [0.29, 0.717) is 27.3 Å². The first-order valence-electron chi connectivity index (χ1n) is 11.2. The van der Waals surface area contributed by atoms with Crippen molar-refractivity contribution >= 4 is 43.2 Å². The number of nitro benzene ring substituents is 1. The van der Waals surface area contributed by atoms with Crippen LogP contribution in [-0.4, -0.2) is 75.8 Å². The van der Waals surface area contributed by atoms with Gasteiger partial charge in [-0.2, -0.15) is 9.30 Å². The number of amides is 1. The van der Waals surface area contributed by atoms with Gasteiger partial charge in [-0.05, 0) is 31.2 Å². The van der Waals surface area contributed by atoms with E-state index in [-0.39, 0.29) is 42.4 Å². The van der Waals surface area contributed by atoms with E-state index in [0.717, 1.165) is 11.3 Å². The third kappa shape index (κ3) is 6.22. The molecule has 0 unspecified atom stereocenters. The minimum Gasteiger partial charge on any atom is -0.494 e. The molecule has 1 aromatic heterocycles. The van der Waals surface area contributed by atoms with E-state index in [1.54, 1.807) is 4.57 Å². The minimum absolute atomic E-state index is 0.0267. The molecule has 0 bridgehead atoms. The number of nitro groups is 1. The van der Waals surface area contributed by atoms with Crippen molar-refractivity contribution in [3.05, 3.63) is 56.9 Å². The van der Waals surface area contributed by atoms with E-state index >= 15 is 0 Å². The normalized spacial score (nSPS) is 12.4. The van der Waals surface area contributed by atoms with Crippen LogP contribution in [0.3, 0.4) is 0 Å². The van der Waals surface area contributed by atoms with Crippen molar-refractivity contribution in [2.75, 3.05) is 47.6 Å². The van der Waals surface area contributed by atoms with E-state index < -0.39 is 20.9 Å². The van der Waals surface area contributed by atoms with Gasteiger partial charge in [0.1, 0.15) is 5.52 Å². The summed E-state index contributed by atoms with van der Waals surface area (Å²) in [5.74, 6) is -0.279. The largest absolute Gasteiger partial charge is 0.494 e. The Kier molecular flexibility index (Phi) is 9.50. The number of benzene rings is 2. The number of sulfonamides is 1. The summed E-state index contributed by atoms with van der Waals surface area (Å²) < 4.78 is 45.1. The second-order valence-electron chi connectivity index (χ2n) is 7.71. The first kappa shape index (κ1) is 28.4. The van der Waals surface area contributed by atoms with Crippen LogP contribution in [0.4, 0.5) is 5.69 Å². The van der Waals surface area contributed by atoms with Gasteiger partial charge in [0.15, 0.2) is 10.6 Å². The van der Waals surface area contributed by atoms with Gasteiger partial charge in [0.05, 0.1) is 40.9 Å². The van der Waals surface area contributed by atoms with Gasteiger partial charge >= 0.3 is 0 Å². The molecule has 0 aliphatic carbocycles.